The van der Waals surface area contributed by atoms with E-state index in [1.165, 1.54) is 74.8 Å². The summed E-state index contributed by atoms with van der Waals surface area (Å²) < 4.78 is 2.78. The van der Waals surface area contributed by atoms with Crippen LogP contribution in [0.3, 0.4) is 0 Å². The second-order valence-corrected chi connectivity index (χ2v) is 11.5. The number of thiophene rings is 2. The zero-order valence-corrected chi connectivity index (χ0v) is 20.1. The smallest absolute Gasteiger partial charge is 0.0463 e. The number of rotatable bonds is 2. The standard InChI is InChI=1S/C32H20S2/c1-3-7-25-19(5-1)13-23-15-21(9-11-27(23)25)29-17-31-32(33-29)18-30(34-31)22-10-12-28-24(16-22)14-20-6-2-4-8-26(20)28/h1-12,15-18H,13-14H2. The minimum absolute atomic E-state index is 1.05. The van der Waals surface area contributed by atoms with E-state index in [0.717, 1.165) is 12.8 Å². The van der Waals surface area contributed by atoms with Gasteiger partial charge in [-0.05, 0) is 92.7 Å². The molecule has 0 radical (unpaired) electrons. The van der Waals surface area contributed by atoms with E-state index in [0.29, 0.717) is 0 Å². The van der Waals surface area contributed by atoms with Crippen LogP contribution in [-0.4, -0.2) is 0 Å². The summed E-state index contributed by atoms with van der Waals surface area (Å²) in [5.41, 5.74) is 14.1. The Morgan fingerprint density at radius 2 is 0.853 bits per heavy atom. The highest BCUT2D eigenvalue weighted by molar-refractivity contribution is 7.31. The topological polar surface area (TPSA) is 0 Å². The average Bonchev–Trinajstić information content (AvgIpc) is 3.62. The quantitative estimate of drug-likeness (QED) is 0.237. The Balaban J connectivity index is 1.13. The summed E-state index contributed by atoms with van der Waals surface area (Å²) in [4.78, 5) is 2.74. The molecule has 0 aliphatic heterocycles. The van der Waals surface area contributed by atoms with Crippen LogP contribution in [0.15, 0.2) is 97.1 Å². The molecule has 2 aliphatic carbocycles. The van der Waals surface area contributed by atoms with Crippen molar-refractivity contribution in [2.24, 2.45) is 0 Å². The van der Waals surface area contributed by atoms with E-state index < -0.39 is 0 Å². The van der Waals surface area contributed by atoms with Gasteiger partial charge < -0.3 is 0 Å². The van der Waals surface area contributed by atoms with Gasteiger partial charge in [0.1, 0.15) is 0 Å². The van der Waals surface area contributed by atoms with Gasteiger partial charge in [0, 0.05) is 19.2 Å². The van der Waals surface area contributed by atoms with Crippen LogP contribution in [0.1, 0.15) is 22.3 Å². The molecule has 34 heavy (non-hydrogen) atoms. The summed E-state index contributed by atoms with van der Waals surface area (Å²) in [5.74, 6) is 0. The average molecular weight is 469 g/mol. The van der Waals surface area contributed by atoms with E-state index in [2.05, 4.69) is 97.1 Å². The Hall–Kier alpha value is -3.46. The molecule has 4 aromatic carbocycles. The molecule has 0 spiro atoms. The van der Waals surface area contributed by atoms with Gasteiger partial charge in [-0.3, -0.25) is 0 Å². The van der Waals surface area contributed by atoms with Crippen molar-refractivity contribution >= 4 is 32.1 Å². The number of hydrogen-bond donors (Lipinski definition) is 0. The molecule has 0 unspecified atom stereocenters. The molecule has 2 heteroatoms. The monoisotopic (exact) mass is 468 g/mol. The third-order valence-corrected chi connectivity index (χ3v) is 9.75. The molecule has 0 saturated heterocycles. The summed E-state index contributed by atoms with van der Waals surface area (Å²) in [6, 6.07) is 36.4. The Morgan fingerprint density at radius 1 is 0.412 bits per heavy atom. The van der Waals surface area contributed by atoms with E-state index in [1.807, 2.05) is 22.7 Å². The van der Waals surface area contributed by atoms with Gasteiger partial charge in [-0.25, -0.2) is 0 Å². The Kier molecular flexibility index (Phi) is 3.91. The summed E-state index contributed by atoms with van der Waals surface area (Å²) in [5, 5.41) is 0. The molecule has 0 saturated carbocycles. The summed E-state index contributed by atoms with van der Waals surface area (Å²) in [6.45, 7) is 0. The van der Waals surface area contributed by atoms with Crippen LogP contribution in [0.4, 0.5) is 0 Å². The third-order valence-electron chi connectivity index (χ3n) is 7.36. The van der Waals surface area contributed by atoms with Crippen LogP contribution in [0, 0.1) is 0 Å². The first-order valence-corrected chi connectivity index (χ1v) is 13.4. The molecule has 2 aromatic heterocycles. The second kappa shape index (κ2) is 7.02. The van der Waals surface area contributed by atoms with Gasteiger partial charge in [0.2, 0.25) is 0 Å². The highest BCUT2D eigenvalue weighted by Crippen LogP contribution is 2.45. The first-order valence-electron chi connectivity index (χ1n) is 11.8. The zero-order valence-electron chi connectivity index (χ0n) is 18.5. The fraction of sp³-hybridized carbons (Fsp3) is 0.0625. The molecule has 8 rings (SSSR count). The van der Waals surface area contributed by atoms with Gasteiger partial charge in [0.15, 0.2) is 0 Å². The van der Waals surface area contributed by atoms with Gasteiger partial charge in [-0.15, -0.1) is 22.7 Å². The Bertz CT molecular complexity index is 1600. The van der Waals surface area contributed by atoms with Gasteiger partial charge >= 0.3 is 0 Å². The number of benzene rings is 4. The highest BCUT2D eigenvalue weighted by atomic mass is 32.1. The maximum atomic E-state index is 2.41. The van der Waals surface area contributed by atoms with Crippen LogP contribution in [0.2, 0.25) is 0 Å². The molecular formula is C32H20S2. The van der Waals surface area contributed by atoms with E-state index in [1.54, 1.807) is 0 Å². The Labute approximate surface area is 206 Å². The zero-order chi connectivity index (χ0) is 22.2. The first-order chi connectivity index (χ1) is 16.8. The minimum Gasteiger partial charge on any atom is -0.134 e. The van der Waals surface area contributed by atoms with Crippen molar-refractivity contribution in [1.29, 1.82) is 0 Å². The minimum atomic E-state index is 1.05. The fourth-order valence-corrected chi connectivity index (χ4v) is 8.11. The molecule has 2 heterocycles. The van der Waals surface area contributed by atoms with Gasteiger partial charge in [0.25, 0.3) is 0 Å². The van der Waals surface area contributed by atoms with Crippen LogP contribution in [0.25, 0.3) is 52.5 Å². The molecule has 0 bridgehead atoms. The fourth-order valence-electron chi connectivity index (χ4n) is 5.72. The third kappa shape index (κ3) is 2.76. The molecule has 2 aliphatic rings. The Morgan fingerprint density at radius 3 is 1.35 bits per heavy atom. The van der Waals surface area contributed by atoms with Crippen molar-refractivity contribution in [3.05, 3.63) is 119 Å². The lowest BCUT2D eigenvalue weighted by atomic mass is 10.0. The number of fused-ring (bicyclic) bond motifs is 7. The van der Waals surface area contributed by atoms with E-state index in [-0.39, 0.29) is 0 Å². The second-order valence-electron chi connectivity index (χ2n) is 9.36. The normalized spacial score (nSPS) is 13.1. The predicted molar refractivity (Wildman–Crippen MR) is 147 cm³/mol. The van der Waals surface area contributed by atoms with Crippen molar-refractivity contribution < 1.29 is 0 Å². The molecule has 0 atom stereocenters. The summed E-state index contributed by atoms with van der Waals surface area (Å²) in [7, 11) is 0. The van der Waals surface area contributed by atoms with Crippen LogP contribution >= 0.6 is 22.7 Å². The lowest BCUT2D eigenvalue weighted by molar-refractivity contribution is 1.26. The van der Waals surface area contributed by atoms with Gasteiger partial charge in [-0.1, -0.05) is 72.8 Å². The molecule has 0 N–H and O–H groups in total. The van der Waals surface area contributed by atoms with E-state index in [9.17, 15) is 0 Å². The van der Waals surface area contributed by atoms with Crippen molar-refractivity contribution in [3.8, 4) is 43.1 Å². The lowest BCUT2D eigenvalue weighted by Crippen LogP contribution is -1.82. The molecule has 0 fully saturated rings. The molecule has 0 amide bonds. The van der Waals surface area contributed by atoms with Crippen LogP contribution in [-0.2, 0) is 12.8 Å². The van der Waals surface area contributed by atoms with Crippen molar-refractivity contribution in [3.63, 3.8) is 0 Å². The first kappa shape index (κ1) is 18.9. The predicted octanol–water partition coefficient (Wildman–Crippen LogP) is 9.44. The van der Waals surface area contributed by atoms with Gasteiger partial charge in [-0.2, -0.15) is 0 Å². The van der Waals surface area contributed by atoms with Crippen molar-refractivity contribution in [1.82, 2.24) is 0 Å². The van der Waals surface area contributed by atoms with E-state index in [4.69, 9.17) is 0 Å². The summed E-state index contributed by atoms with van der Waals surface area (Å²) in [6.07, 6.45) is 2.09. The van der Waals surface area contributed by atoms with Crippen molar-refractivity contribution in [2.75, 3.05) is 0 Å². The lowest BCUT2D eigenvalue weighted by Gasteiger charge is -2.04. The van der Waals surface area contributed by atoms with Crippen LogP contribution in [0.5, 0.6) is 0 Å². The van der Waals surface area contributed by atoms with E-state index >= 15 is 0 Å². The number of hydrogen-bond acceptors (Lipinski definition) is 2. The largest absolute Gasteiger partial charge is 0.134 e. The molecule has 160 valence electrons. The highest BCUT2D eigenvalue weighted by Gasteiger charge is 2.20. The molecule has 6 aromatic rings. The van der Waals surface area contributed by atoms with Crippen molar-refractivity contribution in [2.45, 2.75) is 12.8 Å². The SMILES string of the molecule is c1ccc2c(c1)Cc1cc(-c3cc4sc(-c5ccc6c(c5)Cc5ccccc5-6)cc4s3)ccc1-2. The maximum absolute atomic E-state index is 2.41. The molecular weight excluding hydrogens is 448 g/mol. The maximum Gasteiger partial charge on any atom is 0.0463 e. The van der Waals surface area contributed by atoms with Crippen LogP contribution < -0.4 is 0 Å². The summed E-state index contributed by atoms with van der Waals surface area (Å²) >= 11 is 3.84. The molecule has 0 nitrogen and oxygen atoms in total. The van der Waals surface area contributed by atoms with Gasteiger partial charge in [0.05, 0.1) is 0 Å².